The van der Waals surface area contributed by atoms with Crippen LogP contribution in [0.15, 0.2) is 64.5 Å². The Balaban J connectivity index is 1.96. The van der Waals surface area contributed by atoms with Crippen LogP contribution in [0.4, 0.5) is 0 Å². The molecular formula is C16H10ClNO2S. The van der Waals surface area contributed by atoms with Gasteiger partial charge in [-0.2, -0.15) is 0 Å². The standard InChI is InChI=1S/C16H10ClNO2S/c17-14-8-12(16(19)20)9-15(18-14)21-13-6-5-10-3-1-2-4-11(10)7-13/h1-9H,(H,19,20). The van der Waals surface area contributed by atoms with Crippen molar-refractivity contribution >= 4 is 40.1 Å². The maximum atomic E-state index is 11.0. The molecule has 1 N–H and O–H groups in total. The minimum absolute atomic E-state index is 0.137. The fraction of sp³-hybridized carbons (Fsp3) is 0. The lowest BCUT2D eigenvalue weighted by atomic mass is 10.1. The van der Waals surface area contributed by atoms with Crippen LogP contribution in [0.1, 0.15) is 10.4 Å². The molecular weight excluding hydrogens is 306 g/mol. The van der Waals surface area contributed by atoms with Crippen LogP contribution in [-0.2, 0) is 0 Å². The fourth-order valence-corrected chi connectivity index (χ4v) is 3.15. The molecule has 21 heavy (non-hydrogen) atoms. The number of carboxylic acid groups (broad SMARTS) is 1. The Morgan fingerprint density at radius 3 is 2.57 bits per heavy atom. The number of aromatic carboxylic acids is 1. The maximum Gasteiger partial charge on any atom is 0.335 e. The molecule has 0 bridgehead atoms. The Hall–Kier alpha value is -2.04. The van der Waals surface area contributed by atoms with E-state index in [1.165, 1.54) is 23.9 Å². The van der Waals surface area contributed by atoms with Gasteiger partial charge in [-0.05, 0) is 35.0 Å². The zero-order chi connectivity index (χ0) is 14.8. The number of carbonyl (C=O) groups is 1. The average Bonchev–Trinajstić information content (AvgIpc) is 2.46. The minimum Gasteiger partial charge on any atom is -0.478 e. The molecule has 0 unspecified atom stereocenters. The van der Waals surface area contributed by atoms with Gasteiger partial charge in [0.1, 0.15) is 10.2 Å². The summed E-state index contributed by atoms with van der Waals surface area (Å²) in [5.74, 6) is -1.01. The molecule has 1 aromatic heterocycles. The van der Waals surface area contributed by atoms with E-state index in [9.17, 15) is 4.79 Å². The lowest BCUT2D eigenvalue weighted by Crippen LogP contribution is -1.97. The normalized spacial score (nSPS) is 10.7. The molecule has 0 aliphatic carbocycles. The smallest absolute Gasteiger partial charge is 0.335 e. The third-order valence-corrected chi connectivity index (χ3v) is 4.06. The first-order valence-corrected chi connectivity index (χ1v) is 7.39. The summed E-state index contributed by atoms with van der Waals surface area (Å²) in [5, 5.41) is 12.1. The van der Waals surface area contributed by atoms with Crippen LogP contribution >= 0.6 is 23.4 Å². The Morgan fingerprint density at radius 2 is 1.81 bits per heavy atom. The number of hydrogen-bond donors (Lipinski definition) is 1. The molecule has 0 aliphatic heterocycles. The number of hydrogen-bond acceptors (Lipinski definition) is 3. The first-order chi connectivity index (χ1) is 10.1. The molecule has 104 valence electrons. The van der Waals surface area contributed by atoms with Crippen molar-refractivity contribution in [2.24, 2.45) is 0 Å². The van der Waals surface area contributed by atoms with Gasteiger partial charge in [0, 0.05) is 4.90 Å². The predicted molar refractivity (Wildman–Crippen MR) is 84.3 cm³/mol. The molecule has 3 rings (SSSR count). The summed E-state index contributed by atoms with van der Waals surface area (Å²) in [7, 11) is 0. The number of fused-ring (bicyclic) bond motifs is 1. The van der Waals surface area contributed by atoms with E-state index in [2.05, 4.69) is 4.98 Å². The number of nitrogens with zero attached hydrogens (tertiary/aromatic N) is 1. The van der Waals surface area contributed by atoms with Crippen LogP contribution in [-0.4, -0.2) is 16.1 Å². The van der Waals surface area contributed by atoms with Gasteiger partial charge in [-0.25, -0.2) is 9.78 Å². The van der Waals surface area contributed by atoms with E-state index < -0.39 is 5.97 Å². The number of aromatic nitrogens is 1. The number of halogens is 1. The largest absolute Gasteiger partial charge is 0.478 e. The molecule has 0 aliphatic rings. The molecule has 0 saturated heterocycles. The summed E-state index contributed by atoms with van der Waals surface area (Å²) in [6.07, 6.45) is 0. The topological polar surface area (TPSA) is 50.2 Å². The zero-order valence-electron chi connectivity index (χ0n) is 10.8. The second-order valence-electron chi connectivity index (χ2n) is 4.43. The summed E-state index contributed by atoms with van der Waals surface area (Å²) >= 11 is 7.26. The fourth-order valence-electron chi connectivity index (χ4n) is 2.00. The lowest BCUT2D eigenvalue weighted by molar-refractivity contribution is 0.0696. The Morgan fingerprint density at radius 1 is 1.05 bits per heavy atom. The van der Waals surface area contributed by atoms with Gasteiger partial charge in [-0.1, -0.05) is 53.7 Å². The zero-order valence-corrected chi connectivity index (χ0v) is 12.4. The molecule has 5 heteroatoms. The van der Waals surface area contributed by atoms with Crippen LogP contribution in [0, 0.1) is 0 Å². The van der Waals surface area contributed by atoms with Crippen molar-refractivity contribution in [3.8, 4) is 0 Å². The van der Waals surface area contributed by atoms with Gasteiger partial charge < -0.3 is 5.11 Å². The van der Waals surface area contributed by atoms with Crippen LogP contribution in [0.25, 0.3) is 10.8 Å². The van der Waals surface area contributed by atoms with Gasteiger partial charge in [0.25, 0.3) is 0 Å². The highest BCUT2D eigenvalue weighted by Gasteiger charge is 2.09. The highest BCUT2D eigenvalue weighted by Crippen LogP contribution is 2.30. The van der Waals surface area contributed by atoms with Crippen LogP contribution in [0.2, 0.25) is 5.15 Å². The van der Waals surface area contributed by atoms with Gasteiger partial charge >= 0.3 is 5.97 Å². The summed E-state index contributed by atoms with van der Waals surface area (Å²) in [6, 6.07) is 17.0. The Kier molecular flexibility index (Phi) is 3.82. The van der Waals surface area contributed by atoms with Crippen LogP contribution < -0.4 is 0 Å². The number of pyridine rings is 1. The van der Waals surface area contributed by atoms with E-state index in [1.54, 1.807) is 0 Å². The molecule has 2 aromatic carbocycles. The van der Waals surface area contributed by atoms with E-state index in [0.717, 1.165) is 15.7 Å². The van der Waals surface area contributed by atoms with Gasteiger partial charge in [-0.3, -0.25) is 0 Å². The molecule has 0 saturated carbocycles. The average molecular weight is 316 g/mol. The molecule has 1 heterocycles. The van der Waals surface area contributed by atoms with Crippen LogP contribution in [0.5, 0.6) is 0 Å². The highest BCUT2D eigenvalue weighted by molar-refractivity contribution is 7.99. The molecule has 0 radical (unpaired) electrons. The van der Waals surface area contributed by atoms with Crippen molar-refractivity contribution in [3.63, 3.8) is 0 Å². The summed E-state index contributed by atoms with van der Waals surface area (Å²) < 4.78 is 0. The molecule has 3 nitrogen and oxygen atoms in total. The van der Waals surface area contributed by atoms with Gasteiger partial charge in [0.05, 0.1) is 5.56 Å². The van der Waals surface area contributed by atoms with E-state index >= 15 is 0 Å². The molecule has 0 atom stereocenters. The van der Waals surface area contributed by atoms with Crippen molar-refractivity contribution in [2.45, 2.75) is 9.92 Å². The number of carboxylic acids is 1. The predicted octanol–water partition coefficient (Wildman–Crippen LogP) is 4.74. The third kappa shape index (κ3) is 3.17. The molecule has 0 fully saturated rings. The molecule has 0 amide bonds. The third-order valence-electron chi connectivity index (χ3n) is 2.96. The second kappa shape index (κ2) is 5.76. The monoisotopic (exact) mass is 315 g/mol. The Labute approximate surface area is 130 Å². The van der Waals surface area contributed by atoms with Crippen molar-refractivity contribution in [1.29, 1.82) is 0 Å². The first kappa shape index (κ1) is 13.9. The van der Waals surface area contributed by atoms with Crippen molar-refractivity contribution in [1.82, 2.24) is 4.98 Å². The van der Waals surface area contributed by atoms with Gasteiger partial charge in [0.2, 0.25) is 0 Å². The van der Waals surface area contributed by atoms with Crippen LogP contribution in [0.3, 0.4) is 0 Å². The SMILES string of the molecule is O=C(O)c1cc(Cl)nc(Sc2ccc3ccccc3c2)c1. The second-order valence-corrected chi connectivity index (χ2v) is 5.91. The van der Waals surface area contributed by atoms with Gasteiger partial charge in [0.15, 0.2) is 0 Å². The van der Waals surface area contributed by atoms with Gasteiger partial charge in [-0.15, -0.1) is 0 Å². The lowest BCUT2D eigenvalue weighted by Gasteiger charge is -2.05. The highest BCUT2D eigenvalue weighted by atomic mass is 35.5. The number of benzene rings is 2. The quantitative estimate of drug-likeness (QED) is 0.709. The minimum atomic E-state index is -1.01. The van der Waals surface area contributed by atoms with Crippen molar-refractivity contribution in [2.75, 3.05) is 0 Å². The number of rotatable bonds is 3. The van der Waals surface area contributed by atoms with E-state index in [0.29, 0.717) is 5.03 Å². The van der Waals surface area contributed by atoms with E-state index in [-0.39, 0.29) is 10.7 Å². The first-order valence-electron chi connectivity index (χ1n) is 6.19. The molecule has 0 spiro atoms. The summed E-state index contributed by atoms with van der Waals surface area (Å²) in [5.41, 5.74) is 0.137. The molecule has 3 aromatic rings. The van der Waals surface area contributed by atoms with E-state index in [4.69, 9.17) is 16.7 Å². The maximum absolute atomic E-state index is 11.0. The summed E-state index contributed by atoms with van der Waals surface area (Å²) in [4.78, 5) is 16.2. The van der Waals surface area contributed by atoms with E-state index in [1.807, 2.05) is 42.5 Å². The summed E-state index contributed by atoms with van der Waals surface area (Å²) in [6.45, 7) is 0. The van der Waals surface area contributed by atoms with Crippen molar-refractivity contribution < 1.29 is 9.90 Å². The van der Waals surface area contributed by atoms with Crippen molar-refractivity contribution in [3.05, 3.63) is 65.3 Å². The Bertz CT molecular complexity index is 835.